The molecule has 176 valence electrons. The molecule has 0 heterocycles. The van der Waals surface area contributed by atoms with E-state index < -0.39 is 7.92 Å². The molecule has 0 radical (unpaired) electrons. The van der Waals surface area contributed by atoms with Gasteiger partial charge in [0.2, 0.25) is 0 Å². The standard InChI is InChI=1S/C30H33O3P/c1-4-13-24(3)28(22-23(2)20-21-31)33-30(32)27-18-11-12-19-29(27)34(25-14-7-5-8-15-25)26-16-9-6-10-17-26/h5-19,21,23,28H,4,20,22H2,1-3H3/b24-13+/t23-,28+/m1/s1. The van der Waals surface area contributed by atoms with Crippen LogP contribution < -0.4 is 15.9 Å². The molecule has 4 heteroatoms. The van der Waals surface area contributed by atoms with Gasteiger partial charge in [-0.15, -0.1) is 0 Å². The Morgan fingerprint density at radius 3 is 2.03 bits per heavy atom. The summed E-state index contributed by atoms with van der Waals surface area (Å²) in [5.74, 6) is -0.182. The van der Waals surface area contributed by atoms with Crippen molar-refractivity contribution in [2.24, 2.45) is 5.92 Å². The third-order valence-corrected chi connectivity index (χ3v) is 8.29. The molecule has 2 atom stereocenters. The average Bonchev–Trinajstić information content (AvgIpc) is 2.86. The summed E-state index contributed by atoms with van der Waals surface area (Å²) >= 11 is 0. The third-order valence-electron chi connectivity index (χ3n) is 5.79. The predicted molar refractivity (Wildman–Crippen MR) is 143 cm³/mol. The fraction of sp³-hybridized carbons (Fsp3) is 0.267. The number of rotatable bonds is 11. The number of allylic oxidation sites excluding steroid dienone is 1. The summed E-state index contributed by atoms with van der Waals surface area (Å²) in [6, 6.07) is 28.5. The van der Waals surface area contributed by atoms with Crippen molar-refractivity contribution in [3.05, 3.63) is 102 Å². The number of hydrogen-bond donors (Lipinski definition) is 0. The van der Waals surface area contributed by atoms with E-state index in [9.17, 15) is 9.59 Å². The van der Waals surface area contributed by atoms with Crippen molar-refractivity contribution in [1.82, 2.24) is 0 Å². The van der Waals surface area contributed by atoms with E-state index in [4.69, 9.17) is 4.74 Å². The largest absolute Gasteiger partial charge is 0.454 e. The highest BCUT2D eigenvalue weighted by molar-refractivity contribution is 7.80. The lowest BCUT2D eigenvalue weighted by Crippen LogP contribution is -2.28. The van der Waals surface area contributed by atoms with Crippen LogP contribution in [0.5, 0.6) is 0 Å². The monoisotopic (exact) mass is 472 g/mol. The van der Waals surface area contributed by atoms with Gasteiger partial charge in [-0.1, -0.05) is 98.8 Å². The Labute approximate surface area is 204 Å². The third kappa shape index (κ3) is 6.74. The fourth-order valence-electron chi connectivity index (χ4n) is 4.02. The quantitative estimate of drug-likeness (QED) is 0.150. The maximum atomic E-state index is 13.6. The molecule has 3 nitrogen and oxygen atoms in total. The lowest BCUT2D eigenvalue weighted by Gasteiger charge is -2.24. The van der Waals surface area contributed by atoms with Crippen LogP contribution >= 0.6 is 7.92 Å². The van der Waals surface area contributed by atoms with E-state index in [1.54, 1.807) is 0 Å². The van der Waals surface area contributed by atoms with Gasteiger partial charge in [0, 0.05) is 6.42 Å². The van der Waals surface area contributed by atoms with E-state index in [1.165, 1.54) is 10.6 Å². The lowest BCUT2D eigenvalue weighted by molar-refractivity contribution is -0.108. The van der Waals surface area contributed by atoms with Crippen molar-refractivity contribution < 1.29 is 14.3 Å². The van der Waals surface area contributed by atoms with Gasteiger partial charge in [-0.25, -0.2) is 4.79 Å². The van der Waals surface area contributed by atoms with Crippen LogP contribution in [0.3, 0.4) is 0 Å². The molecule has 0 aliphatic rings. The zero-order valence-corrected chi connectivity index (χ0v) is 21.1. The van der Waals surface area contributed by atoms with E-state index >= 15 is 0 Å². The van der Waals surface area contributed by atoms with Crippen LogP contribution in [-0.4, -0.2) is 18.4 Å². The van der Waals surface area contributed by atoms with Gasteiger partial charge in [0.25, 0.3) is 0 Å². The first kappa shape index (κ1) is 25.6. The SMILES string of the molecule is CC/C=C(\C)[C@H](C[C@H](C)CC=O)OC(=O)c1ccccc1P(c1ccccc1)c1ccccc1. The molecule has 0 N–H and O–H groups in total. The minimum atomic E-state index is -0.930. The molecule has 3 rings (SSSR count). The summed E-state index contributed by atoms with van der Waals surface area (Å²) in [6.07, 6.45) is 4.63. The topological polar surface area (TPSA) is 43.4 Å². The van der Waals surface area contributed by atoms with E-state index in [2.05, 4.69) is 37.3 Å². The fourth-order valence-corrected chi connectivity index (χ4v) is 6.46. The van der Waals surface area contributed by atoms with Crippen molar-refractivity contribution in [2.45, 2.75) is 46.1 Å². The van der Waals surface area contributed by atoms with Gasteiger partial charge in [-0.2, -0.15) is 0 Å². The molecule has 0 saturated carbocycles. The number of carbonyl (C=O) groups is 2. The molecule has 34 heavy (non-hydrogen) atoms. The minimum absolute atomic E-state index is 0.136. The minimum Gasteiger partial charge on any atom is -0.454 e. The number of esters is 1. The molecule has 0 unspecified atom stereocenters. The Balaban J connectivity index is 2.00. The Hall–Kier alpha value is -3.03. The molecule has 0 aromatic heterocycles. The van der Waals surface area contributed by atoms with Crippen LogP contribution in [0.25, 0.3) is 0 Å². The molecule has 0 spiro atoms. The van der Waals surface area contributed by atoms with Gasteiger partial charge in [0.1, 0.15) is 12.4 Å². The number of ether oxygens (including phenoxy) is 1. The van der Waals surface area contributed by atoms with Gasteiger partial charge in [0.15, 0.2) is 0 Å². The van der Waals surface area contributed by atoms with Crippen molar-refractivity contribution >= 4 is 36.1 Å². The highest BCUT2D eigenvalue weighted by Gasteiger charge is 2.26. The van der Waals surface area contributed by atoms with E-state index in [0.717, 1.165) is 23.6 Å². The highest BCUT2D eigenvalue weighted by atomic mass is 31.1. The second-order valence-corrected chi connectivity index (χ2v) is 10.7. The molecular formula is C30H33O3P. The van der Waals surface area contributed by atoms with Crippen molar-refractivity contribution in [3.8, 4) is 0 Å². The van der Waals surface area contributed by atoms with Crippen LogP contribution in [0.15, 0.2) is 96.6 Å². The Morgan fingerprint density at radius 2 is 1.47 bits per heavy atom. The molecule has 0 saturated heterocycles. The van der Waals surface area contributed by atoms with Gasteiger partial charge in [-0.05, 0) is 61.2 Å². The smallest absolute Gasteiger partial charge is 0.339 e. The Kier molecular flexibility index (Phi) is 9.79. The lowest BCUT2D eigenvalue weighted by atomic mass is 9.96. The molecule has 0 aliphatic carbocycles. The summed E-state index contributed by atoms with van der Waals surface area (Å²) in [7, 11) is -0.930. The van der Waals surface area contributed by atoms with Crippen molar-refractivity contribution in [1.29, 1.82) is 0 Å². The highest BCUT2D eigenvalue weighted by Crippen LogP contribution is 2.34. The molecule has 3 aromatic rings. The summed E-state index contributed by atoms with van der Waals surface area (Å²) in [5, 5.41) is 3.35. The summed E-state index contributed by atoms with van der Waals surface area (Å²) < 4.78 is 6.12. The van der Waals surface area contributed by atoms with Crippen LogP contribution in [-0.2, 0) is 9.53 Å². The first-order valence-corrected chi connectivity index (χ1v) is 13.2. The van der Waals surface area contributed by atoms with Crippen molar-refractivity contribution in [3.63, 3.8) is 0 Å². The predicted octanol–water partition coefficient (Wildman–Crippen LogP) is 5.94. The number of hydrogen-bond acceptors (Lipinski definition) is 3. The maximum Gasteiger partial charge on any atom is 0.339 e. The Morgan fingerprint density at radius 1 is 0.912 bits per heavy atom. The van der Waals surface area contributed by atoms with Crippen LogP contribution in [0.1, 0.15) is 50.4 Å². The zero-order chi connectivity index (χ0) is 24.3. The normalized spacial score (nSPS) is 13.4. The van der Waals surface area contributed by atoms with E-state index in [0.29, 0.717) is 18.4 Å². The van der Waals surface area contributed by atoms with Crippen LogP contribution in [0.2, 0.25) is 0 Å². The summed E-state index contributed by atoms with van der Waals surface area (Å²) in [5.41, 5.74) is 1.62. The molecule has 0 amide bonds. The van der Waals surface area contributed by atoms with Gasteiger partial charge in [-0.3, -0.25) is 0 Å². The van der Waals surface area contributed by atoms with Gasteiger partial charge < -0.3 is 9.53 Å². The second kappa shape index (κ2) is 13.0. The van der Waals surface area contributed by atoms with Crippen LogP contribution in [0, 0.1) is 5.92 Å². The number of carbonyl (C=O) groups excluding carboxylic acids is 2. The Bertz CT molecular complexity index is 1050. The molecular weight excluding hydrogens is 439 g/mol. The maximum absolute atomic E-state index is 13.6. The molecule has 0 bridgehead atoms. The number of aldehydes is 1. The molecule has 0 fully saturated rings. The van der Waals surface area contributed by atoms with E-state index in [1.807, 2.05) is 74.5 Å². The molecule has 3 aromatic carbocycles. The van der Waals surface area contributed by atoms with Crippen LogP contribution in [0.4, 0.5) is 0 Å². The summed E-state index contributed by atoms with van der Waals surface area (Å²) in [6.45, 7) is 6.09. The molecule has 0 aliphatic heterocycles. The first-order chi connectivity index (χ1) is 16.5. The second-order valence-electron chi connectivity index (χ2n) is 8.52. The zero-order valence-electron chi connectivity index (χ0n) is 20.2. The van der Waals surface area contributed by atoms with Gasteiger partial charge in [0.05, 0.1) is 5.56 Å². The average molecular weight is 473 g/mol. The van der Waals surface area contributed by atoms with Crippen molar-refractivity contribution in [2.75, 3.05) is 0 Å². The van der Waals surface area contributed by atoms with E-state index in [-0.39, 0.29) is 18.0 Å². The first-order valence-electron chi connectivity index (χ1n) is 11.9. The summed E-state index contributed by atoms with van der Waals surface area (Å²) in [4.78, 5) is 24.6. The van der Waals surface area contributed by atoms with Gasteiger partial charge >= 0.3 is 5.97 Å². The number of benzene rings is 3.